The number of ether oxygens (including phenoxy) is 2. The van der Waals surface area contributed by atoms with E-state index in [2.05, 4.69) is 0 Å². The third-order valence-corrected chi connectivity index (χ3v) is 2.13. The second kappa shape index (κ2) is 7.81. The number of hydrogen-bond donors (Lipinski definition) is 1. The van der Waals surface area contributed by atoms with Crippen LogP contribution in [0.3, 0.4) is 0 Å². The van der Waals surface area contributed by atoms with E-state index in [4.69, 9.17) is 9.47 Å². The molecule has 0 unspecified atom stereocenters. The van der Waals surface area contributed by atoms with E-state index < -0.39 is 12.1 Å². The normalized spacial score (nSPS) is 12.1. The fourth-order valence-electron chi connectivity index (χ4n) is 1.36. The molecule has 0 heterocycles. The van der Waals surface area contributed by atoms with Crippen molar-refractivity contribution in [2.24, 2.45) is 0 Å². The van der Waals surface area contributed by atoms with E-state index in [-0.39, 0.29) is 13.0 Å². The molecule has 4 heteroatoms. The van der Waals surface area contributed by atoms with E-state index in [1.165, 1.54) is 0 Å². The van der Waals surface area contributed by atoms with Crippen molar-refractivity contribution >= 4 is 5.97 Å². The van der Waals surface area contributed by atoms with Gasteiger partial charge in [0, 0.05) is 0 Å². The molecule has 4 nitrogen and oxygen atoms in total. The molecule has 0 bridgehead atoms. The van der Waals surface area contributed by atoms with Crippen LogP contribution in [0.25, 0.3) is 0 Å². The molecule has 1 rings (SSSR count). The second-order valence-corrected chi connectivity index (χ2v) is 3.66. The summed E-state index contributed by atoms with van der Waals surface area (Å²) in [5.41, 5.74) is 1.04. The van der Waals surface area contributed by atoms with Gasteiger partial charge in [0.15, 0.2) is 0 Å². The Hall–Kier alpha value is -1.39. The molecule has 1 atom stereocenters. The average molecular weight is 238 g/mol. The van der Waals surface area contributed by atoms with Crippen molar-refractivity contribution in [3.63, 3.8) is 0 Å². The lowest BCUT2D eigenvalue weighted by Crippen LogP contribution is -2.21. The fourth-order valence-corrected chi connectivity index (χ4v) is 1.36. The molecule has 0 aliphatic rings. The zero-order chi connectivity index (χ0) is 12.5. The largest absolute Gasteiger partial charge is 0.466 e. The molecule has 1 N–H and O–H groups in total. The van der Waals surface area contributed by atoms with Gasteiger partial charge in [-0.3, -0.25) is 4.79 Å². The van der Waals surface area contributed by atoms with Crippen molar-refractivity contribution in [1.82, 2.24) is 0 Å². The number of aliphatic hydroxyl groups excluding tert-OH is 1. The summed E-state index contributed by atoms with van der Waals surface area (Å²) in [6, 6.07) is 9.66. The summed E-state index contributed by atoms with van der Waals surface area (Å²) in [7, 11) is 0. The van der Waals surface area contributed by atoms with Gasteiger partial charge in [-0.05, 0) is 12.5 Å². The Labute approximate surface area is 101 Å². The van der Waals surface area contributed by atoms with Gasteiger partial charge < -0.3 is 14.6 Å². The SMILES string of the molecule is CCOC(=O)C[C@H](O)COCc1ccccc1. The topological polar surface area (TPSA) is 55.8 Å². The number of carbonyl (C=O) groups is 1. The smallest absolute Gasteiger partial charge is 0.308 e. The van der Waals surface area contributed by atoms with Crippen molar-refractivity contribution in [3.8, 4) is 0 Å². The van der Waals surface area contributed by atoms with Crippen molar-refractivity contribution < 1.29 is 19.4 Å². The Kier molecular flexibility index (Phi) is 6.29. The molecule has 0 saturated heterocycles. The number of carbonyl (C=O) groups excluding carboxylic acids is 1. The van der Waals surface area contributed by atoms with Crippen molar-refractivity contribution in [1.29, 1.82) is 0 Å². The van der Waals surface area contributed by atoms with Gasteiger partial charge in [-0.25, -0.2) is 0 Å². The Morgan fingerprint density at radius 2 is 2.06 bits per heavy atom. The Morgan fingerprint density at radius 3 is 2.71 bits per heavy atom. The van der Waals surface area contributed by atoms with Crippen LogP contribution >= 0.6 is 0 Å². The highest BCUT2D eigenvalue weighted by atomic mass is 16.5. The highest BCUT2D eigenvalue weighted by Crippen LogP contribution is 2.02. The van der Waals surface area contributed by atoms with Crippen LogP contribution in [0.2, 0.25) is 0 Å². The van der Waals surface area contributed by atoms with E-state index in [9.17, 15) is 9.90 Å². The van der Waals surface area contributed by atoms with Crippen LogP contribution < -0.4 is 0 Å². The third kappa shape index (κ3) is 6.04. The van der Waals surface area contributed by atoms with E-state index in [0.29, 0.717) is 13.2 Å². The van der Waals surface area contributed by atoms with Crippen molar-refractivity contribution in [2.45, 2.75) is 26.1 Å². The first-order valence-corrected chi connectivity index (χ1v) is 5.67. The number of hydrogen-bond acceptors (Lipinski definition) is 4. The predicted molar refractivity (Wildman–Crippen MR) is 63.4 cm³/mol. The van der Waals surface area contributed by atoms with E-state index in [1.807, 2.05) is 30.3 Å². The van der Waals surface area contributed by atoms with Crippen LogP contribution in [0.1, 0.15) is 18.9 Å². The summed E-state index contributed by atoms with van der Waals surface area (Å²) in [5, 5.41) is 9.50. The third-order valence-electron chi connectivity index (χ3n) is 2.13. The molecule has 0 aliphatic carbocycles. The van der Waals surface area contributed by atoms with E-state index in [1.54, 1.807) is 6.92 Å². The van der Waals surface area contributed by atoms with Gasteiger partial charge >= 0.3 is 5.97 Å². The molecule has 0 saturated carbocycles. The standard InChI is InChI=1S/C13H18O4/c1-2-17-13(15)8-12(14)10-16-9-11-6-4-3-5-7-11/h3-7,12,14H,2,8-10H2,1H3/t12-/m0/s1. The maximum Gasteiger partial charge on any atom is 0.308 e. The minimum atomic E-state index is -0.808. The minimum Gasteiger partial charge on any atom is -0.466 e. The summed E-state index contributed by atoms with van der Waals surface area (Å²) in [5.74, 6) is -0.400. The molecule has 0 aromatic heterocycles. The summed E-state index contributed by atoms with van der Waals surface area (Å²) >= 11 is 0. The molecule has 1 aromatic rings. The van der Waals surface area contributed by atoms with Crippen molar-refractivity contribution in [2.75, 3.05) is 13.2 Å². The first-order valence-electron chi connectivity index (χ1n) is 5.67. The Bertz CT molecular complexity index is 323. The second-order valence-electron chi connectivity index (χ2n) is 3.66. The lowest BCUT2D eigenvalue weighted by atomic mass is 10.2. The quantitative estimate of drug-likeness (QED) is 0.732. The monoisotopic (exact) mass is 238 g/mol. The van der Waals surface area contributed by atoms with Crippen LogP contribution in [0.15, 0.2) is 30.3 Å². The Balaban J connectivity index is 2.16. The van der Waals surface area contributed by atoms with Crippen LogP contribution in [0.4, 0.5) is 0 Å². The van der Waals surface area contributed by atoms with Gasteiger partial charge in [0.2, 0.25) is 0 Å². The van der Waals surface area contributed by atoms with E-state index >= 15 is 0 Å². The molecule has 0 spiro atoms. The van der Waals surface area contributed by atoms with Gasteiger partial charge in [0.05, 0.1) is 32.3 Å². The molecule has 0 amide bonds. The molecule has 0 aliphatic heterocycles. The first kappa shape index (κ1) is 13.7. The molecular formula is C13H18O4. The fraction of sp³-hybridized carbons (Fsp3) is 0.462. The predicted octanol–water partition coefficient (Wildman–Crippen LogP) is 1.52. The lowest BCUT2D eigenvalue weighted by Gasteiger charge is -2.10. The zero-order valence-electron chi connectivity index (χ0n) is 9.96. The van der Waals surface area contributed by atoms with Gasteiger partial charge in [0.1, 0.15) is 0 Å². The van der Waals surface area contributed by atoms with Gasteiger partial charge in [-0.2, -0.15) is 0 Å². The lowest BCUT2D eigenvalue weighted by molar-refractivity contribution is -0.146. The van der Waals surface area contributed by atoms with Crippen LogP contribution in [0, 0.1) is 0 Å². The summed E-state index contributed by atoms with van der Waals surface area (Å²) in [6.45, 7) is 2.63. The molecular weight excluding hydrogens is 220 g/mol. The number of aliphatic hydroxyl groups is 1. The Morgan fingerprint density at radius 1 is 1.35 bits per heavy atom. The van der Waals surface area contributed by atoms with Crippen LogP contribution in [-0.4, -0.2) is 30.4 Å². The average Bonchev–Trinajstić information content (AvgIpc) is 2.30. The van der Waals surface area contributed by atoms with Gasteiger partial charge in [-0.15, -0.1) is 0 Å². The number of esters is 1. The molecule has 94 valence electrons. The summed E-state index contributed by atoms with van der Waals surface area (Å²) in [6.07, 6.45) is -0.833. The summed E-state index contributed by atoms with van der Waals surface area (Å²) in [4.78, 5) is 11.0. The maximum atomic E-state index is 11.0. The number of rotatable bonds is 7. The van der Waals surface area contributed by atoms with Crippen LogP contribution in [-0.2, 0) is 20.9 Å². The zero-order valence-corrected chi connectivity index (χ0v) is 9.96. The van der Waals surface area contributed by atoms with Crippen LogP contribution in [0.5, 0.6) is 0 Å². The highest BCUT2D eigenvalue weighted by molar-refractivity contribution is 5.69. The minimum absolute atomic E-state index is 0.0252. The molecule has 1 aromatic carbocycles. The van der Waals surface area contributed by atoms with Gasteiger partial charge in [-0.1, -0.05) is 30.3 Å². The first-order chi connectivity index (χ1) is 8.22. The number of benzene rings is 1. The van der Waals surface area contributed by atoms with Gasteiger partial charge in [0.25, 0.3) is 0 Å². The highest BCUT2D eigenvalue weighted by Gasteiger charge is 2.11. The molecule has 0 radical (unpaired) electrons. The summed E-state index contributed by atoms with van der Waals surface area (Å²) < 4.78 is 10.0. The van der Waals surface area contributed by atoms with E-state index in [0.717, 1.165) is 5.56 Å². The molecule has 0 fully saturated rings. The van der Waals surface area contributed by atoms with Crippen molar-refractivity contribution in [3.05, 3.63) is 35.9 Å². The maximum absolute atomic E-state index is 11.0. The molecule has 17 heavy (non-hydrogen) atoms.